The first-order valence-corrected chi connectivity index (χ1v) is 4.18. The molecule has 2 nitrogen and oxygen atoms in total. The van der Waals surface area contributed by atoms with E-state index in [4.69, 9.17) is 4.74 Å². The van der Waals surface area contributed by atoms with E-state index in [9.17, 15) is 0 Å². The molecule has 59 valence electrons. The van der Waals surface area contributed by atoms with Crippen LogP contribution in [0.2, 0.25) is 0 Å². The van der Waals surface area contributed by atoms with Crippen molar-refractivity contribution in [3.05, 3.63) is 0 Å². The number of hydrogen-bond donors (Lipinski definition) is 0. The van der Waals surface area contributed by atoms with E-state index in [1.54, 1.807) is 0 Å². The van der Waals surface area contributed by atoms with Gasteiger partial charge in [-0.15, -0.1) is 0 Å². The molecule has 1 unspecified atom stereocenters. The zero-order valence-corrected chi connectivity index (χ0v) is 6.68. The molecule has 0 aliphatic carbocycles. The molecule has 1 atom stereocenters. The van der Waals surface area contributed by atoms with Gasteiger partial charge in [0.15, 0.2) is 0 Å². The Balaban J connectivity index is 2.02. The van der Waals surface area contributed by atoms with Crippen LogP contribution in [0, 0.1) is 0 Å². The van der Waals surface area contributed by atoms with E-state index in [-0.39, 0.29) is 0 Å². The minimum absolute atomic E-state index is 0.508. The Labute approximate surface area is 63.0 Å². The topological polar surface area (TPSA) is 23.3 Å². The van der Waals surface area contributed by atoms with E-state index in [1.165, 1.54) is 19.3 Å². The fourth-order valence-corrected chi connectivity index (χ4v) is 1.25. The highest BCUT2D eigenvalue weighted by Crippen LogP contribution is 2.08. The minimum Gasteiger partial charge on any atom is -0.380 e. The molecular formula is C8H16NO. The molecule has 0 bridgehead atoms. The molecular weight excluding hydrogens is 126 g/mol. The van der Waals surface area contributed by atoms with Crippen molar-refractivity contribution in [1.29, 1.82) is 0 Å². The number of rotatable bonds is 3. The number of piperidine rings is 1. The van der Waals surface area contributed by atoms with Crippen LogP contribution in [-0.2, 0) is 4.74 Å². The zero-order chi connectivity index (χ0) is 7.23. The van der Waals surface area contributed by atoms with Gasteiger partial charge in [0, 0.05) is 19.2 Å². The summed E-state index contributed by atoms with van der Waals surface area (Å²) in [5.74, 6) is 0. The first-order valence-electron chi connectivity index (χ1n) is 4.18. The Morgan fingerprint density at radius 3 is 3.00 bits per heavy atom. The SMILES string of the molecule is CCOCC1CCCC[N]1. The lowest BCUT2D eigenvalue weighted by Crippen LogP contribution is -2.31. The first-order chi connectivity index (χ1) is 4.93. The summed E-state index contributed by atoms with van der Waals surface area (Å²) in [6, 6.07) is 0.508. The van der Waals surface area contributed by atoms with Gasteiger partial charge in [0.25, 0.3) is 0 Å². The molecule has 1 radical (unpaired) electrons. The lowest BCUT2D eigenvalue weighted by molar-refractivity contribution is 0.112. The Hall–Kier alpha value is -0.0800. The van der Waals surface area contributed by atoms with Gasteiger partial charge in [0.1, 0.15) is 0 Å². The number of ether oxygens (including phenoxy) is 1. The van der Waals surface area contributed by atoms with Crippen LogP contribution in [0.3, 0.4) is 0 Å². The van der Waals surface area contributed by atoms with Crippen molar-refractivity contribution in [3.8, 4) is 0 Å². The van der Waals surface area contributed by atoms with E-state index in [0.717, 1.165) is 19.8 Å². The second kappa shape index (κ2) is 4.69. The van der Waals surface area contributed by atoms with E-state index >= 15 is 0 Å². The third kappa shape index (κ3) is 2.67. The van der Waals surface area contributed by atoms with Gasteiger partial charge >= 0.3 is 0 Å². The van der Waals surface area contributed by atoms with Crippen LogP contribution in [-0.4, -0.2) is 25.8 Å². The maximum atomic E-state index is 5.28. The Bertz CT molecular complexity index is 79.3. The van der Waals surface area contributed by atoms with Crippen molar-refractivity contribution in [1.82, 2.24) is 5.32 Å². The summed E-state index contributed by atoms with van der Waals surface area (Å²) in [6.45, 7) is 4.75. The van der Waals surface area contributed by atoms with Crippen molar-refractivity contribution in [2.45, 2.75) is 32.2 Å². The minimum atomic E-state index is 0.508. The molecule has 1 fully saturated rings. The van der Waals surface area contributed by atoms with Crippen LogP contribution in [0.4, 0.5) is 0 Å². The molecule has 0 aromatic rings. The van der Waals surface area contributed by atoms with Gasteiger partial charge in [-0.2, -0.15) is 0 Å². The smallest absolute Gasteiger partial charge is 0.0635 e. The van der Waals surface area contributed by atoms with E-state index in [2.05, 4.69) is 5.32 Å². The van der Waals surface area contributed by atoms with Gasteiger partial charge in [-0.25, -0.2) is 5.32 Å². The lowest BCUT2D eigenvalue weighted by Gasteiger charge is -2.20. The van der Waals surface area contributed by atoms with Gasteiger partial charge in [-0.3, -0.25) is 0 Å². The molecule has 1 heterocycles. The van der Waals surface area contributed by atoms with Crippen LogP contribution < -0.4 is 5.32 Å². The van der Waals surface area contributed by atoms with E-state index in [0.29, 0.717) is 6.04 Å². The summed E-state index contributed by atoms with van der Waals surface area (Å²) in [4.78, 5) is 0. The molecule has 0 spiro atoms. The fourth-order valence-electron chi connectivity index (χ4n) is 1.25. The van der Waals surface area contributed by atoms with Gasteiger partial charge < -0.3 is 4.74 Å². The Morgan fingerprint density at radius 2 is 2.40 bits per heavy atom. The summed E-state index contributed by atoms with van der Waals surface area (Å²) in [6.07, 6.45) is 3.85. The molecule has 0 N–H and O–H groups in total. The van der Waals surface area contributed by atoms with Gasteiger partial charge in [-0.1, -0.05) is 6.42 Å². The molecule has 0 aromatic heterocycles. The first kappa shape index (κ1) is 8.02. The molecule has 0 saturated carbocycles. The van der Waals surface area contributed by atoms with Crippen LogP contribution in [0.5, 0.6) is 0 Å². The molecule has 1 rings (SSSR count). The zero-order valence-electron chi connectivity index (χ0n) is 6.68. The maximum Gasteiger partial charge on any atom is 0.0635 e. The second-order valence-electron chi connectivity index (χ2n) is 2.72. The predicted octanol–water partition coefficient (Wildman–Crippen LogP) is 1.18. The average molecular weight is 142 g/mol. The van der Waals surface area contributed by atoms with Gasteiger partial charge in [0.2, 0.25) is 0 Å². The summed E-state index contributed by atoms with van der Waals surface area (Å²) in [5, 5.41) is 4.44. The monoisotopic (exact) mass is 142 g/mol. The van der Waals surface area contributed by atoms with E-state index < -0.39 is 0 Å². The molecule has 2 heteroatoms. The highest BCUT2D eigenvalue weighted by atomic mass is 16.5. The van der Waals surface area contributed by atoms with E-state index in [1.807, 2.05) is 6.92 Å². The molecule has 1 aliphatic rings. The Kier molecular flexibility index (Phi) is 3.76. The van der Waals surface area contributed by atoms with Crippen LogP contribution >= 0.6 is 0 Å². The third-order valence-electron chi connectivity index (χ3n) is 1.85. The van der Waals surface area contributed by atoms with Gasteiger partial charge in [-0.05, 0) is 19.8 Å². The van der Waals surface area contributed by atoms with Crippen molar-refractivity contribution >= 4 is 0 Å². The highest BCUT2D eigenvalue weighted by Gasteiger charge is 2.12. The molecule has 1 aliphatic heterocycles. The van der Waals surface area contributed by atoms with Crippen LogP contribution in [0.25, 0.3) is 0 Å². The van der Waals surface area contributed by atoms with Crippen molar-refractivity contribution < 1.29 is 4.74 Å². The quantitative estimate of drug-likeness (QED) is 0.580. The standard InChI is InChI=1S/C8H16NO/c1-2-10-7-8-5-3-4-6-9-8/h8H,2-7H2,1H3. The van der Waals surface area contributed by atoms with Gasteiger partial charge in [0.05, 0.1) is 6.61 Å². The third-order valence-corrected chi connectivity index (χ3v) is 1.85. The molecule has 0 amide bonds. The van der Waals surface area contributed by atoms with Crippen molar-refractivity contribution in [2.75, 3.05) is 19.8 Å². The summed E-state index contributed by atoms with van der Waals surface area (Å²) in [7, 11) is 0. The average Bonchev–Trinajstić information content (AvgIpc) is 2.03. The van der Waals surface area contributed by atoms with Crippen molar-refractivity contribution in [2.24, 2.45) is 0 Å². The maximum absolute atomic E-state index is 5.28. The highest BCUT2D eigenvalue weighted by molar-refractivity contribution is 4.70. The number of nitrogens with zero attached hydrogens (tertiary/aromatic N) is 1. The fraction of sp³-hybridized carbons (Fsp3) is 1.00. The summed E-state index contributed by atoms with van der Waals surface area (Å²) >= 11 is 0. The number of hydrogen-bond acceptors (Lipinski definition) is 1. The lowest BCUT2D eigenvalue weighted by atomic mass is 10.1. The summed E-state index contributed by atoms with van der Waals surface area (Å²) < 4.78 is 5.28. The second-order valence-corrected chi connectivity index (χ2v) is 2.72. The summed E-state index contributed by atoms with van der Waals surface area (Å²) in [5.41, 5.74) is 0. The largest absolute Gasteiger partial charge is 0.380 e. The predicted molar refractivity (Wildman–Crippen MR) is 41.1 cm³/mol. The molecule has 0 aromatic carbocycles. The molecule has 1 saturated heterocycles. The van der Waals surface area contributed by atoms with Crippen molar-refractivity contribution in [3.63, 3.8) is 0 Å². The van der Waals surface area contributed by atoms with Crippen LogP contribution in [0.15, 0.2) is 0 Å². The van der Waals surface area contributed by atoms with Crippen LogP contribution in [0.1, 0.15) is 26.2 Å². The molecule has 10 heavy (non-hydrogen) atoms. The normalized spacial score (nSPS) is 26.7. The Morgan fingerprint density at radius 1 is 1.50 bits per heavy atom.